The van der Waals surface area contributed by atoms with Crippen molar-refractivity contribution in [1.29, 1.82) is 0 Å². The first-order valence-electron chi connectivity index (χ1n) is 5.07. The summed E-state index contributed by atoms with van der Waals surface area (Å²) in [4.78, 5) is 11.9. The van der Waals surface area contributed by atoms with Crippen LogP contribution in [0.15, 0.2) is 34.1 Å². The number of hydrogen-bond acceptors (Lipinski definition) is 3. The molecule has 3 nitrogen and oxygen atoms in total. The van der Waals surface area contributed by atoms with Crippen molar-refractivity contribution in [2.75, 3.05) is 5.32 Å². The van der Waals surface area contributed by atoms with Gasteiger partial charge in [-0.3, -0.25) is 0 Å². The maximum Gasteiger partial charge on any atom is 0.338 e. The molecular weight excluding hydrogens is 321 g/mol. The quantitative estimate of drug-likeness (QED) is 0.892. The van der Waals surface area contributed by atoms with Gasteiger partial charge in [-0.05, 0) is 46.3 Å². The fraction of sp³-hybridized carbons (Fsp3) is 0.0833. The molecule has 0 aliphatic heterocycles. The molecule has 0 amide bonds. The predicted molar refractivity (Wildman–Crippen MR) is 72.7 cm³/mol. The summed E-state index contributed by atoms with van der Waals surface area (Å²) < 4.78 is 14.2. The first-order chi connectivity index (χ1) is 8.56. The number of rotatable bonds is 4. The minimum Gasteiger partial charge on any atom is -0.478 e. The molecule has 0 saturated heterocycles. The van der Waals surface area contributed by atoms with Gasteiger partial charge < -0.3 is 10.4 Å². The lowest BCUT2D eigenvalue weighted by atomic mass is 10.2. The van der Waals surface area contributed by atoms with Gasteiger partial charge in [0, 0.05) is 17.1 Å². The summed E-state index contributed by atoms with van der Waals surface area (Å²) in [5.74, 6) is -2.00. The highest BCUT2D eigenvalue weighted by Crippen LogP contribution is 2.23. The Kier molecular flexibility index (Phi) is 3.98. The van der Waals surface area contributed by atoms with Gasteiger partial charge in [0.1, 0.15) is 5.82 Å². The monoisotopic (exact) mass is 329 g/mol. The van der Waals surface area contributed by atoms with Gasteiger partial charge in [-0.15, -0.1) is 11.3 Å². The number of aromatic carboxylic acids is 1. The van der Waals surface area contributed by atoms with Gasteiger partial charge in [-0.1, -0.05) is 0 Å². The number of carboxylic acid groups (broad SMARTS) is 1. The molecule has 0 radical (unpaired) electrons. The molecule has 2 rings (SSSR count). The van der Waals surface area contributed by atoms with Crippen LogP contribution in [-0.4, -0.2) is 11.1 Å². The molecule has 0 aliphatic carbocycles. The number of carbonyl (C=O) groups is 1. The number of carboxylic acids is 1. The van der Waals surface area contributed by atoms with Crippen molar-refractivity contribution >= 4 is 38.9 Å². The second-order valence-electron chi connectivity index (χ2n) is 3.56. The molecule has 0 fully saturated rings. The van der Waals surface area contributed by atoms with Gasteiger partial charge in [0.25, 0.3) is 0 Å². The van der Waals surface area contributed by atoms with Crippen LogP contribution in [0.3, 0.4) is 0 Å². The Balaban J connectivity index is 2.10. The van der Waals surface area contributed by atoms with Crippen LogP contribution in [0.25, 0.3) is 0 Å². The third-order valence-electron chi connectivity index (χ3n) is 2.29. The first kappa shape index (κ1) is 13.0. The van der Waals surface area contributed by atoms with Crippen molar-refractivity contribution in [3.8, 4) is 0 Å². The summed E-state index contributed by atoms with van der Waals surface area (Å²) in [5.41, 5.74) is 0.255. The van der Waals surface area contributed by atoms with Gasteiger partial charge in [0.15, 0.2) is 0 Å². The Hall–Kier alpha value is -1.40. The van der Waals surface area contributed by atoms with Crippen molar-refractivity contribution < 1.29 is 14.3 Å². The zero-order valence-corrected chi connectivity index (χ0v) is 11.5. The van der Waals surface area contributed by atoms with Crippen LogP contribution in [-0.2, 0) is 6.54 Å². The van der Waals surface area contributed by atoms with Gasteiger partial charge in [-0.25, -0.2) is 9.18 Å². The summed E-state index contributed by atoms with van der Waals surface area (Å²) in [6, 6.07) is 7.86. The van der Waals surface area contributed by atoms with Crippen molar-refractivity contribution in [3.05, 3.63) is 50.4 Å². The molecule has 0 bridgehead atoms. The summed E-state index contributed by atoms with van der Waals surface area (Å²) in [6.45, 7) is 0.570. The standard InChI is InChI=1S/C12H9BrFNO2S/c13-11-4-2-8(18-11)6-15-7-1-3-10(14)9(5-7)12(16)17/h1-5,15H,6H2,(H,16,17). The second kappa shape index (κ2) is 5.49. The Bertz CT molecular complexity index is 585. The van der Waals surface area contributed by atoms with E-state index in [2.05, 4.69) is 21.2 Å². The Labute approximate surface area is 115 Å². The molecule has 0 spiro atoms. The third kappa shape index (κ3) is 3.08. The SMILES string of the molecule is O=C(O)c1cc(NCc2ccc(Br)s2)ccc1F. The number of hydrogen-bond donors (Lipinski definition) is 2. The summed E-state index contributed by atoms with van der Waals surface area (Å²) in [6.07, 6.45) is 0. The van der Waals surface area contributed by atoms with E-state index < -0.39 is 11.8 Å². The molecule has 1 aromatic carbocycles. The van der Waals surface area contributed by atoms with Crippen molar-refractivity contribution in [1.82, 2.24) is 0 Å². The molecular formula is C12H9BrFNO2S. The van der Waals surface area contributed by atoms with Crippen LogP contribution in [0.1, 0.15) is 15.2 Å². The average Bonchev–Trinajstić information content (AvgIpc) is 2.74. The molecule has 1 aromatic heterocycles. The highest BCUT2D eigenvalue weighted by Gasteiger charge is 2.10. The topological polar surface area (TPSA) is 49.3 Å². The number of thiophene rings is 1. The van der Waals surface area contributed by atoms with Crippen LogP contribution >= 0.6 is 27.3 Å². The highest BCUT2D eigenvalue weighted by atomic mass is 79.9. The molecule has 6 heteroatoms. The van der Waals surface area contributed by atoms with Crippen LogP contribution in [0, 0.1) is 5.82 Å². The smallest absolute Gasteiger partial charge is 0.338 e. The maximum absolute atomic E-state index is 13.2. The van der Waals surface area contributed by atoms with E-state index >= 15 is 0 Å². The van der Waals surface area contributed by atoms with Crippen LogP contribution in [0.5, 0.6) is 0 Å². The largest absolute Gasteiger partial charge is 0.478 e. The predicted octanol–water partition coefficient (Wildman–Crippen LogP) is 3.96. The molecule has 2 aromatic rings. The molecule has 0 aliphatic rings. The Morgan fingerprint density at radius 2 is 2.17 bits per heavy atom. The van der Waals surface area contributed by atoms with E-state index in [0.717, 1.165) is 14.7 Å². The fourth-order valence-corrected chi connectivity index (χ4v) is 2.86. The van der Waals surface area contributed by atoms with E-state index in [9.17, 15) is 9.18 Å². The van der Waals surface area contributed by atoms with E-state index in [0.29, 0.717) is 12.2 Å². The summed E-state index contributed by atoms with van der Waals surface area (Å²) in [7, 11) is 0. The van der Waals surface area contributed by atoms with E-state index in [1.54, 1.807) is 11.3 Å². The summed E-state index contributed by atoms with van der Waals surface area (Å²) >= 11 is 4.95. The third-order valence-corrected chi connectivity index (χ3v) is 3.92. The van der Waals surface area contributed by atoms with E-state index in [-0.39, 0.29) is 5.56 Å². The second-order valence-corrected chi connectivity index (χ2v) is 6.11. The Morgan fingerprint density at radius 3 is 2.78 bits per heavy atom. The van der Waals surface area contributed by atoms with Gasteiger partial charge in [0.05, 0.1) is 9.35 Å². The minimum atomic E-state index is -1.27. The lowest BCUT2D eigenvalue weighted by Gasteiger charge is -2.06. The van der Waals surface area contributed by atoms with Crippen LogP contribution in [0.2, 0.25) is 0 Å². The molecule has 2 N–H and O–H groups in total. The average molecular weight is 330 g/mol. The summed E-state index contributed by atoms with van der Waals surface area (Å²) in [5, 5.41) is 11.9. The van der Waals surface area contributed by atoms with Crippen molar-refractivity contribution in [2.45, 2.75) is 6.54 Å². The zero-order chi connectivity index (χ0) is 13.1. The maximum atomic E-state index is 13.2. The fourth-order valence-electron chi connectivity index (χ4n) is 1.44. The van der Waals surface area contributed by atoms with Crippen molar-refractivity contribution in [2.24, 2.45) is 0 Å². The van der Waals surface area contributed by atoms with Crippen LogP contribution in [0.4, 0.5) is 10.1 Å². The number of nitrogens with one attached hydrogen (secondary N) is 1. The molecule has 0 atom stereocenters. The molecule has 94 valence electrons. The zero-order valence-electron chi connectivity index (χ0n) is 9.11. The van der Waals surface area contributed by atoms with Gasteiger partial charge in [-0.2, -0.15) is 0 Å². The number of halogens is 2. The minimum absolute atomic E-state index is 0.327. The van der Waals surface area contributed by atoms with E-state index in [1.807, 2.05) is 12.1 Å². The first-order valence-corrected chi connectivity index (χ1v) is 6.68. The lowest BCUT2D eigenvalue weighted by molar-refractivity contribution is 0.0692. The van der Waals surface area contributed by atoms with Gasteiger partial charge in [0.2, 0.25) is 0 Å². The Morgan fingerprint density at radius 1 is 1.39 bits per heavy atom. The van der Waals surface area contributed by atoms with Crippen LogP contribution < -0.4 is 5.32 Å². The molecule has 0 saturated carbocycles. The lowest BCUT2D eigenvalue weighted by Crippen LogP contribution is -2.03. The number of benzene rings is 1. The number of anilines is 1. The van der Waals surface area contributed by atoms with Gasteiger partial charge >= 0.3 is 5.97 Å². The molecule has 18 heavy (non-hydrogen) atoms. The molecule has 0 unspecified atom stereocenters. The molecule has 1 heterocycles. The van der Waals surface area contributed by atoms with Crippen molar-refractivity contribution in [3.63, 3.8) is 0 Å². The van der Waals surface area contributed by atoms with E-state index in [1.165, 1.54) is 12.1 Å². The highest BCUT2D eigenvalue weighted by molar-refractivity contribution is 9.11. The normalized spacial score (nSPS) is 10.3. The van der Waals surface area contributed by atoms with E-state index in [4.69, 9.17) is 5.11 Å².